The van der Waals surface area contributed by atoms with Gasteiger partial charge in [0.2, 0.25) is 11.7 Å². The molecule has 0 radical (unpaired) electrons. The van der Waals surface area contributed by atoms with Crippen molar-refractivity contribution >= 4 is 17.4 Å². The second kappa shape index (κ2) is 6.27. The molecule has 0 aliphatic heterocycles. The molecule has 7 nitrogen and oxygen atoms in total. The standard InChI is InChI=1S/C12H5F7N4O3/c1-3(24)21-11-4(23(25)26)2-20-22(11)10-8(15)6(13)5(12(17,18)19)7(14)9(10)16/h2H,1H3,(H,21,24). The summed E-state index contributed by atoms with van der Waals surface area (Å²) < 4.78 is 93.0. The van der Waals surface area contributed by atoms with Gasteiger partial charge in [0, 0.05) is 6.92 Å². The highest BCUT2D eigenvalue weighted by molar-refractivity contribution is 5.90. The van der Waals surface area contributed by atoms with E-state index in [0.717, 1.165) is 6.92 Å². The third-order valence-corrected chi connectivity index (χ3v) is 2.98. The van der Waals surface area contributed by atoms with E-state index in [1.807, 2.05) is 0 Å². The lowest BCUT2D eigenvalue weighted by Gasteiger charge is -2.15. The number of nitrogens with one attached hydrogen (secondary N) is 1. The van der Waals surface area contributed by atoms with Crippen LogP contribution in [0.25, 0.3) is 5.69 Å². The Labute approximate surface area is 138 Å². The highest BCUT2D eigenvalue weighted by Crippen LogP contribution is 2.39. The summed E-state index contributed by atoms with van der Waals surface area (Å²) in [5.74, 6) is -12.6. The van der Waals surface area contributed by atoms with E-state index in [9.17, 15) is 45.6 Å². The maximum absolute atomic E-state index is 14.0. The monoisotopic (exact) mass is 386 g/mol. The van der Waals surface area contributed by atoms with Gasteiger partial charge in [0.05, 0.1) is 4.92 Å². The van der Waals surface area contributed by atoms with E-state index < -0.39 is 63.0 Å². The Balaban J connectivity index is 2.87. The Hall–Kier alpha value is -3.19. The quantitative estimate of drug-likeness (QED) is 0.379. The maximum atomic E-state index is 14.0. The van der Waals surface area contributed by atoms with Gasteiger partial charge in [-0.2, -0.15) is 18.3 Å². The van der Waals surface area contributed by atoms with Crippen molar-refractivity contribution in [3.63, 3.8) is 0 Å². The van der Waals surface area contributed by atoms with Crippen LogP contribution in [0.1, 0.15) is 12.5 Å². The predicted molar refractivity (Wildman–Crippen MR) is 69.4 cm³/mol. The largest absolute Gasteiger partial charge is 0.422 e. The smallest absolute Gasteiger partial charge is 0.305 e. The summed E-state index contributed by atoms with van der Waals surface area (Å²) in [6.07, 6.45) is -5.39. The van der Waals surface area contributed by atoms with Crippen LogP contribution in [0.5, 0.6) is 0 Å². The first kappa shape index (κ1) is 19.1. The SMILES string of the molecule is CC(=O)Nc1c([N+](=O)[O-])cnn1-c1c(F)c(F)c(C(F)(F)F)c(F)c1F. The van der Waals surface area contributed by atoms with Crippen molar-refractivity contribution in [3.8, 4) is 5.69 Å². The molecule has 1 heterocycles. The van der Waals surface area contributed by atoms with Gasteiger partial charge in [-0.25, -0.2) is 22.2 Å². The maximum Gasteiger partial charge on any atom is 0.422 e. The van der Waals surface area contributed by atoms with Gasteiger partial charge in [0.15, 0.2) is 23.3 Å². The van der Waals surface area contributed by atoms with Crippen molar-refractivity contribution in [2.75, 3.05) is 5.32 Å². The summed E-state index contributed by atoms with van der Waals surface area (Å²) in [4.78, 5) is 20.8. The van der Waals surface area contributed by atoms with Crippen LogP contribution >= 0.6 is 0 Å². The zero-order valence-electron chi connectivity index (χ0n) is 12.3. The molecule has 14 heteroatoms. The topological polar surface area (TPSA) is 90.1 Å². The van der Waals surface area contributed by atoms with Crippen LogP contribution in [-0.4, -0.2) is 20.6 Å². The Morgan fingerprint density at radius 3 is 2.04 bits per heavy atom. The number of rotatable bonds is 3. The summed E-state index contributed by atoms with van der Waals surface area (Å²) in [5, 5.41) is 15.7. The number of halogens is 7. The molecule has 0 saturated heterocycles. The van der Waals surface area contributed by atoms with Crippen molar-refractivity contribution in [1.29, 1.82) is 0 Å². The zero-order chi connectivity index (χ0) is 20.0. The second-order valence-corrected chi connectivity index (χ2v) is 4.71. The van der Waals surface area contributed by atoms with Gasteiger partial charge in [-0.15, -0.1) is 0 Å². The lowest BCUT2D eigenvalue weighted by molar-refractivity contribution is -0.384. The third kappa shape index (κ3) is 3.04. The number of nitro groups is 1. The van der Waals surface area contributed by atoms with Crippen LogP contribution in [0.3, 0.4) is 0 Å². The molecule has 140 valence electrons. The first-order valence-corrected chi connectivity index (χ1v) is 6.31. The summed E-state index contributed by atoms with van der Waals surface area (Å²) in [7, 11) is 0. The van der Waals surface area contributed by atoms with Gasteiger partial charge in [0.1, 0.15) is 17.4 Å². The average Bonchev–Trinajstić information content (AvgIpc) is 2.87. The number of benzene rings is 1. The molecule has 1 N–H and O–H groups in total. The molecule has 0 atom stereocenters. The minimum atomic E-state index is -5.76. The van der Waals surface area contributed by atoms with Gasteiger partial charge in [-0.3, -0.25) is 14.9 Å². The van der Waals surface area contributed by atoms with E-state index >= 15 is 0 Å². The Morgan fingerprint density at radius 1 is 1.15 bits per heavy atom. The fourth-order valence-electron chi connectivity index (χ4n) is 1.98. The van der Waals surface area contributed by atoms with E-state index in [1.54, 1.807) is 5.32 Å². The minimum absolute atomic E-state index is 0.128. The molecule has 26 heavy (non-hydrogen) atoms. The van der Waals surface area contributed by atoms with E-state index in [2.05, 4.69) is 5.10 Å². The van der Waals surface area contributed by atoms with Crippen LogP contribution in [-0.2, 0) is 11.0 Å². The lowest BCUT2D eigenvalue weighted by Crippen LogP contribution is -2.20. The Morgan fingerprint density at radius 2 is 1.65 bits per heavy atom. The number of carbonyl (C=O) groups excluding carboxylic acids is 1. The van der Waals surface area contributed by atoms with Crippen molar-refractivity contribution < 1.29 is 40.5 Å². The molecule has 0 fully saturated rings. The van der Waals surface area contributed by atoms with Crippen molar-refractivity contribution in [2.24, 2.45) is 0 Å². The number of nitrogens with zero attached hydrogens (tertiary/aromatic N) is 3. The third-order valence-electron chi connectivity index (χ3n) is 2.98. The van der Waals surface area contributed by atoms with Crippen LogP contribution in [0, 0.1) is 33.4 Å². The predicted octanol–water partition coefficient (Wildman–Crippen LogP) is 3.31. The van der Waals surface area contributed by atoms with E-state index in [0.29, 0.717) is 6.20 Å². The van der Waals surface area contributed by atoms with Crippen molar-refractivity contribution in [1.82, 2.24) is 9.78 Å². The summed E-state index contributed by atoms with van der Waals surface area (Å²) in [5.41, 5.74) is -5.66. The second-order valence-electron chi connectivity index (χ2n) is 4.71. The molecule has 0 aliphatic carbocycles. The number of aromatic nitrogens is 2. The first-order chi connectivity index (χ1) is 11.9. The lowest BCUT2D eigenvalue weighted by atomic mass is 10.1. The van der Waals surface area contributed by atoms with Gasteiger partial charge in [-0.05, 0) is 0 Å². The average molecular weight is 386 g/mol. The van der Waals surface area contributed by atoms with Crippen LogP contribution in [0.15, 0.2) is 6.20 Å². The highest BCUT2D eigenvalue weighted by Gasteiger charge is 2.43. The van der Waals surface area contributed by atoms with Crippen LogP contribution < -0.4 is 5.32 Å². The highest BCUT2D eigenvalue weighted by atomic mass is 19.4. The molecule has 0 aliphatic rings. The van der Waals surface area contributed by atoms with E-state index in [4.69, 9.17) is 0 Å². The molecule has 1 aromatic carbocycles. The van der Waals surface area contributed by atoms with Gasteiger partial charge < -0.3 is 5.32 Å². The molecular formula is C12H5F7N4O3. The van der Waals surface area contributed by atoms with Gasteiger partial charge >= 0.3 is 11.9 Å². The summed E-state index contributed by atoms with van der Waals surface area (Å²) >= 11 is 0. The number of carbonyl (C=O) groups is 1. The van der Waals surface area contributed by atoms with Crippen molar-refractivity contribution in [3.05, 3.63) is 45.1 Å². The molecule has 2 rings (SSSR count). The normalized spacial score (nSPS) is 11.5. The summed E-state index contributed by atoms with van der Waals surface area (Å²) in [6.45, 7) is 0.835. The number of hydrogen-bond acceptors (Lipinski definition) is 4. The first-order valence-electron chi connectivity index (χ1n) is 6.31. The van der Waals surface area contributed by atoms with Gasteiger partial charge in [-0.1, -0.05) is 0 Å². The number of amides is 1. The molecule has 1 aromatic heterocycles. The molecular weight excluding hydrogens is 381 g/mol. The minimum Gasteiger partial charge on any atom is -0.305 e. The van der Waals surface area contributed by atoms with Gasteiger partial charge in [0.25, 0.3) is 0 Å². The zero-order valence-corrected chi connectivity index (χ0v) is 12.3. The molecule has 0 bridgehead atoms. The Kier molecular flexibility index (Phi) is 4.62. The molecule has 0 unspecified atom stereocenters. The number of hydrogen-bond donors (Lipinski definition) is 1. The van der Waals surface area contributed by atoms with Crippen LogP contribution in [0.4, 0.5) is 42.2 Å². The molecule has 1 amide bonds. The van der Waals surface area contributed by atoms with E-state index in [-0.39, 0.29) is 4.68 Å². The van der Waals surface area contributed by atoms with Crippen molar-refractivity contribution in [2.45, 2.75) is 13.1 Å². The molecule has 2 aromatic rings. The van der Waals surface area contributed by atoms with E-state index in [1.165, 1.54) is 0 Å². The molecule has 0 saturated carbocycles. The fraction of sp³-hybridized carbons (Fsp3) is 0.167. The van der Waals surface area contributed by atoms with Crippen LogP contribution in [0.2, 0.25) is 0 Å². The number of anilines is 1. The number of alkyl halides is 3. The fourth-order valence-corrected chi connectivity index (χ4v) is 1.98. The molecule has 0 spiro atoms. The summed E-state index contributed by atoms with van der Waals surface area (Å²) in [6, 6.07) is 0. The Bertz CT molecular complexity index is 894.